The largest absolute Gasteiger partial charge is 0.493 e. The number of ether oxygens (including phenoxy) is 2. The summed E-state index contributed by atoms with van der Waals surface area (Å²) in [6.07, 6.45) is 0. The van der Waals surface area contributed by atoms with E-state index in [1.165, 1.54) is 64.6 Å². The number of hydrogen-bond donors (Lipinski definition) is 0. The molecule has 0 aliphatic rings. The van der Waals surface area contributed by atoms with Crippen LogP contribution in [0.2, 0.25) is 0 Å². The highest BCUT2D eigenvalue weighted by atomic mass is 32.2. The van der Waals surface area contributed by atoms with Gasteiger partial charge in [0.2, 0.25) is 0 Å². The molecule has 2 rings (SSSR count). The van der Waals surface area contributed by atoms with Gasteiger partial charge in [-0.15, -0.1) is 0 Å². The van der Waals surface area contributed by atoms with Crippen LogP contribution in [0.25, 0.3) is 0 Å². The zero-order chi connectivity index (χ0) is 18.8. The molecular weight excluding hydrogens is 348 g/mol. The summed E-state index contributed by atoms with van der Waals surface area (Å²) in [4.78, 5) is 10.5. The maximum absolute atomic E-state index is 12.9. The first-order chi connectivity index (χ1) is 11.7. The smallest absolute Gasteiger partial charge is 0.274 e. The van der Waals surface area contributed by atoms with Gasteiger partial charge in [-0.1, -0.05) is 6.07 Å². The van der Waals surface area contributed by atoms with Crippen LogP contribution in [0, 0.1) is 17.0 Å². The van der Waals surface area contributed by atoms with Gasteiger partial charge in [0.1, 0.15) is 0 Å². The predicted molar refractivity (Wildman–Crippen MR) is 93.0 cm³/mol. The van der Waals surface area contributed by atoms with Gasteiger partial charge in [-0.05, 0) is 25.1 Å². The summed E-state index contributed by atoms with van der Waals surface area (Å²) in [6, 6.07) is 8.51. The fourth-order valence-electron chi connectivity index (χ4n) is 2.42. The maximum Gasteiger partial charge on any atom is 0.274 e. The second-order valence-corrected chi connectivity index (χ2v) is 7.14. The van der Waals surface area contributed by atoms with Crippen molar-refractivity contribution in [1.29, 1.82) is 0 Å². The van der Waals surface area contributed by atoms with Crippen molar-refractivity contribution in [2.45, 2.75) is 11.8 Å². The lowest BCUT2D eigenvalue weighted by Gasteiger charge is -2.21. The van der Waals surface area contributed by atoms with E-state index in [9.17, 15) is 18.5 Å². The topological polar surface area (TPSA) is 99.0 Å². The summed E-state index contributed by atoms with van der Waals surface area (Å²) in [6.45, 7) is 1.51. The molecule has 0 unspecified atom stereocenters. The van der Waals surface area contributed by atoms with E-state index in [0.717, 1.165) is 4.31 Å². The summed E-state index contributed by atoms with van der Waals surface area (Å²) in [7, 11) is 0.260. The minimum Gasteiger partial charge on any atom is -0.493 e. The number of anilines is 1. The number of nitro groups is 1. The number of benzene rings is 2. The molecule has 0 N–H and O–H groups in total. The van der Waals surface area contributed by atoms with Crippen molar-refractivity contribution in [1.82, 2.24) is 0 Å². The van der Waals surface area contributed by atoms with E-state index in [2.05, 4.69) is 0 Å². The van der Waals surface area contributed by atoms with Crippen LogP contribution >= 0.6 is 0 Å². The van der Waals surface area contributed by atoms with Crippen LogP contribution < -0.4 is 13.8 Å². The number of nitro benzene ring substituents is 1. The zero-order valence-electron chi connectivity index (χ0n) is 14.2. The Morgan fingerprint density at radius 2 is 1.72 bits per heavy atom. The first kappa shape index (κ1) is 18.5. The minimum atomic E-state index is -3.94. The van der Waals surface area contributed by atoms with Crippen molar-refractivity contribution >= 4 is 21.4 Å². The molecule has 134 valence electrons. The highest BCUT2D eigenvalue weighted by Gasteiger charge is 2.26. The Bertz CT molecular complexity index is 911. The lowest BCUT2D eigenvalue weighted by Crippen LogP contribution is -2.27. The third-order valence-electron chi connectivity index (χ3n) is 3.83. The quantitative estimate of drug-likeness (QED) is 0.576. The molecule has 8 nitrogen and oxygen atoms in total. The van der Waals surface area contributed by atoms with Crippen molar-refractivity contribution in [3.05, 3.63) is 52.1 Å². The Kier molecular flexibility index (Phi) is 5.17. The fourth-order valence-corrected chi connectivity index (χ4v) is 3.68. The normalized spacial score (nSPS) is 11.0. The lowest BCUT2D eigenvalue weighted by molar-refractivity contribution is -0.385. The Morgan fingerprint density at radius 1 is 1.08 bits per heavy atom. The molecule has 0 amide bonds. The van der Waals surface area contributed by atoms with Crippen LogP contribution in [-0.2, 0) is 10.0 Å². The van der Waals surface area contributed by atoms with Gasteiger partial charge in [0.05, 0.1) is 35.3 Å². The molecule has 0 saturated carbocycles. The van der Waals surface area contributed by atoms with E-state index in [-0.39, 0.29) is 27.6 Å². The molecule has 0 saturated heterocycles. The summed E-state index contributed by atoms with van der Waals surface area (Å²) < 4.78 is 37.0. The van der Waals surface area contributed by atoms with Crippen LogP contribution in [0.15, 0.2) is 41.3 Å². The van der Waals surface area contributed by atoms with Gasteiger partial charge >= 0.3 is 0 Å². The highest BCUT2D eigenvalue weighted by Crippen LogP contribution is 2.34. The molecule has 2 aromatic rings. The molecule has 9 heteroatoms. The second kappa shape index (κ2) is 6.98. The highest BCUT2D eigenvalue weighted by molar-refractivity contribution is 7.92. The molecule has 0 bridgehead atoms. The van der Waals surface area contributed by atoms with Gasteiger partial charge in [0, 0.05) is 19.2 Å². The first-order valence-electron chi connectivity index (χ1n) is 7.19. The molecule has 0 aromatic heterocycles. The molecule has 2 aromatic carbocycles. The van der Waals surface area contributed by atoms with E-state index in [0.29, 0.717) is 5.75 Å². The van der Waals surface area contributed by atoms with E-state index in [1.54, 1.807) is 0 Å². The van der Waals surface area contributed by atoms with Gasteiger partial charge in [0.15, 0.2) is 11.5 Å². The Labute approximate surface area is 145 Å². The number of methoxy groups -OCH3 is 2. The van der Waals surface area contributed by atoms with Gasteiger partial charge in [-0.25, -0.2) is 8.42 Å². The average molecular weight is 366 g/mol. The van der Waals surface area contributed by atoms with Crippen LogP contribution in [-0.4, -0.2) is 34.6 Å². The first-order valence-corrected chi connectivity index (χ1v) is 8.63. The maximum atomic E-state index is 12.9. The Balaban J connectivity index is 2.54. The molecule has 0 aliphatic carbocycles. The summed E-state index contributed by atoms with van der Waals surface area (Å²) in [5.74, 6) is 0.670. The van der Waals surface area contributed by atoms with Crippen molar-refractivity contribution in [2.75, 3.05) is 25.6 Å². The third-order valence-corrected chi connectivity index (χ3v) is 5.59. The Morgan fingerprint density at radius 3 is 2.28 bits per heavy atom. The van der Waals surface area contributed by atoms with Crippen LogP contribution in [0.1, 0.15) is 5.56 Å². The van der Waals surface area contributed by atoms with Crippen molar-refractivity contribution in [3.8, 4) is 11.5 Å². The van der Waals surface area contributed by atoms with E-state index in [1.807, 2.05) is 0 Å². The van der Waals surface area contributed by atoms with Crippen LogP contribution in [0.4, 0.5) is 11.4 Å². The molecule has 0 fully saturated rings. The van der Waals surface area contributed by atoms with Crippen LogP contribution in [0.5, 0.6) is 11.5 Å². The van der Waals surface area contributed by atoms with Gasteiger partial charge < -0.3 is 9.47 Å². The molecule has 25 heavy (non-hydrogen) atoms. The van der Waals surface area contributed by atoms with Crippen molar-refractivity contribution in [3.63, 3.8) is 0 Å². The molecule has 0 aliphatic heterocycles. The Hall–Kier alpha value is -2.81. The van der Waals surface area contributed by atoms with E-state index >= 15 is 0 Å². The van der Waals surface area contributed by atoms with E-state index < -0.39 is 14.9 Å². The number of sulfonamides is 1. The summed E-state index contributed by atoms with van der Waals surface area (Å²) >= 11 is 0. The van der Waals surface area contributed by atoms with Gasteiger partial charge in [0.25, 0.3) is 15.7 Å². The molecular formula is C16H18N2O6S. The average Bonchev–Trinajstić information content (AvgIpc) is 2.60. The predicted octanol–water partition coefficient (Wildman–Crippen LogP) is 2.75. The third kappa shape index (κ3) is 3.36. The van der Waals surface area contributed by atoms with Crippen molar-refractivity contribution in [2.24, 2.45) is 0 Å². The number of rotatable bonds is 6. The molecule has 0 spiro atoms. The summed E-state index contributed by atoms with van der Waals surface area (Å²) in [5.41, 5.74) is 0.342. The van der Waals surface area contributed by atoms with E-state index in [4.69, 9.17) is 9.47 Å². The monoisotopic (exact) mass is 366 g/mol. The minimum absolute atomic E-state index is 0.0152. The number of hydrogen-bond acceptors (Lipinski definition) is 6. The van der Waals surface area contributed by atoms with Crippen LogP contribution in [0.3, 0.4) is 0 Å². The fraction of sp³-hybridized carbons (Fsp3) is 0.250. The summed E-state index contributed by atoms with van der Waals surface area (Å²) in [5, 5.41) is 11.1. The number of nitrogens with zero attached hydrogens (tertiary/aromatic N) is 2. The zero-order valence-corrected chi connectivity index (χ0v) is 15.0. The van der Waals surface area contributed by atoms with Crippen molar-refractivity contribution < 1.29 is 22.8 Å². The second-order valence-electron chi connectivity index (χ2n) is 5.17. The molecule has 0 atom stereocenters. The SMILES string of the molecule is COc1ccc(S(=O)(=O)N(C)c2cccc([N+](=O)[O-])c2C)cc1OC. The van der Waals surface area contributed by atoms with Gasteiger partial charge in [-0.2, -0.15) is 0 Å². The lowest BCUT2D eigenvalue weighted by atomic mass is 10.1. The molecule has 0 heterocycles. The van der Waals surface area contributed by atoms with Gasteiger partial charge in [-0.3, -0.25) is 14.4 Å². The molecule has 0 radical (unpaired) electrons. The standard InChI is InChI=1S/C16H18N2O6S/c1-11-13(6-5-7-14(11)18(19)20)17(2)25(21,22)12-8-9-15(23-3)16(10-12)24-4/h5-10H,1-4H3.